The molecule has 206 valence electrons. The zero-order valence-corrected chi connectivity index (χ0v) is 23.9. The number of nitrogens with zero attached hydrogens (tertiary/aromatic N) is 3. The predicted octanol–water partition coefficient (Wildman–Crippen LogP) is 10.6. The summed E-state index contributed by atoms with van der Waals surface area (Å²) in [4.78, 5) is 5.27. The molecule has 0 saturated carbocycles. The van der Waals surface area contributed by atoms with Gasteiger partial charge in [-0.3, -0.25) is 4.57 Å². The van der Waals surface area contributed by atoms with E-state index in [0.29, 0.717) is 0 Å². The Labute approximate surface area is 254 Å². The molecule has 3 heterocycles. The van der Waals surface area contributed by atoms with Crippen molar-refractivity contribution in [3.05, 3.63) is 164 Å². The molecule has 0 radical (unpaired) electrons. The van der Waals surface area contributed by atoms with Crippen LogP contribution in [0.15, 0.2) is 164 Å². The molecular formula is C41H27N3. The van der Waals surface area contributed by atoms with Gasteiger partial charge < -0.3 is 4.57 Å². The quantitative estimate of drug-likeness (QED) is 0.210. The fraction of sp³-hybridized carbons (Fsp3) is 0. The third-order valence-corrected chi connectivity index (χ3v) is 8.71. The van der Waals surface area contributed by atoms with E-state index in [-0.39, 0.29) is 0 Å². The van der Waals surface area contributed by atoms with Crippen molar-refractivity contribution in [1.29, 1.82) is 0 Å². The topological polar surface area (TPSA) is 22.8 Å². The van der Waals surface area contributed by atoms with E-state index in [0.717, 1.165) is 33.8 Å². The summed E-state index contributed by atoms with van der Waals surface area (Å²) in [6.07, 6.45) is 0. The Hall–Kier alpha value is -5.93. The normalized spacial score (nSPS) is 11.6. The summed E-state index contributed by atoms with van der Waals surface area (Å²) in [5.74, 6) is 0.907. The van der Waals surface area contributed by atoms with Crippen molar-refractivity contribution in [2.45, 2.75) is 0 Å². The SMILES string of the molecule is c1ccc(-c2cccc(-c3cccc(-n4c5ccccc5c5cc6c(cc54)c4ccccc4n6-c4ccccc4)n3)c2)cc1. The van der Waals surface area contributed by atoms with Gasteiger partial charge in [-0.05, 0) is 65.7 Å². The van der Waals surface area contributed by atoms with E-state index in [1.54, 1.807) is 0 Å². The second-order valence-corrected chi connectivity index (χ2v) is 11.3. The molecule has 0 spiro atoms. The molecule has 9 aromatic rings. The molecule has 0 saturated heterocycles. The molecule has 3 heteroatoms. The first-order valence-electron chi connectivity index (χ1n) is 15.0. The summed E-state index contributed by atoms with van der Waals surface area (Å²) in [5, 5.41) is 4.90. The summed E-state index contributed by atoms with van der Waals surface area (Å²) in [6.45, 7) is 0. The average Bonchev–Trinajstić information content (AvgIpc) is 3.60. The lowest BCUT2D eigenvalue weighted by atomic mass is 10.0. The number of benzene rings is 6. The molecule has 0 aliphatic rings. The average molecular weight is 562 g/mol. The molecule has 6 aromatic carbocycles. The minimum atomic E-state index is 0.907. The minimum absolute atomic E-state index is 0.907. The Morgan fingerprint density at radius 3 is 1.61 bits per heavy atom. The third kappa shape index (κ3) is 3.80. The van der Waals surface area contributed by atoms with Crippen molar-refractivity contribution in [2.75, 3.05) is 0 Å². The molecule has 0 unspecified atom stereocenters. The Bertz CT molecular complexity index is 2480. The number of rotatable bonds is 4. The van der Waals surface area contributed by atoms with Crippen LogP contribution in [0.4, 0.5) is 0 Å². The van der Waals surface area contributed by atoms with Crippen molar-refractivity contribution >= 4 is 43.6 Å². The molecule has 0 fully saturated rings. The molecule has 0 amide bonds. The van der Waals surface area contributed by atoms with Crippen LogP contribution in [0.1, 0.15) is 0 Å². The Kier molecular flexibility index (Phi) is 5.50. The molecule has 44 heavy (non-hydrogen) atoms. The zero-order valence-electron chi connectivity index (χ0n) is 23.9. The molecule has 0 atom stereocenters. The highest BCUT2D eigenvalue weighted by molar-refractivity contribution is 6.18. The number of aromatic nitrogens is 3. The van der Waals surface area contributed by atoms with Gasteiger partial charge in [0.05, 0.1) is 27.8 Å². The van der Waals surface area contributed by atoms with Crippen LogP contribution in [0.2, 0.25) is 0 Å². The lowest BCUT2D eigenvalue weighted by molar-refractivity contribution is 1.08. The first-order chi connectivity index (χ1) is 21.8. The largest absolute Gasteiger partial charge is 0.309 e. The molecule has 0 aliphatic carbocycles. The van der Waals surface area contributed by atoms with Crippen LogP contribution in [0.25, 0.3) is 77.5 Å². The summed E-state index contributed by atoms with van der Waals surface area (Å²) in [6, 6.07) is 58.2. The van der Waals surface area contributed by atoms with Crippen LogP contribution in [-0.4, -0.2) is 14.1 Å². The van der Waals surface area contributed by atoms with Crippen LogP contribution in [0.3, 0.4) is 0 Å². The van der Waals surface area contributed by atoms with Crippen LogP contribution in [0, 0.1) is 0 Å². The van der Waals surface area contributed by atoms with Gasteiger partial charge in [0.25, 0.3) is 0 Å². The van der Waals surface area contributed by atoms with E-state index < -0.39 is 0 Å². The number of para-hydroxylation sites is 3. The summed E-state index contributed by atoms with van der Waals surface area (Å²) in [5.41, 5.74) is 10.3. The monoisotopic (exact) mass is 561 g/mol. The fourth-order valence-corrected chi connectivity index (χ4v) is 6.73. The molecule has 9 rings (SSSR count). The Balaban J connectivity index is 1.30. The van der Waals surface area contributed by atoms with E-state index >= 15 is 0 Å². The zero-order chi connectivity index (χ0) is 29.0. The number of hydrogen-bond donors (Lipinski definition) is 0. The van der Waals surface area contributed by atoms with E-state index in [9.17, 15) is 0 Å². The van der Waals surface area contributed by atoms with E-state index in [4.69, 9.17) is 4.98 Å². The first kappa shape index (κ1) is 24.6. The maximum absolute atomic E-state index is 5.27. The summed E-state index contributed by atoms with van der Waals surface area (Å²) in [7, 11) is 0. The molecular weight excluding hydrogens is 534 g/mol. The highest BCUT2D eigenvalue weighted by atomic mass is 15.1. The molecule has 3 aromatic heterocycles. The predicted molar refractivity (Wildman–Crippen MR) is 184 cm³/mol. The number of fused-ring (bicyclic) bond motifs is 6. The Morgan fingerprint density at radius 1 is 0.341 bits per heavy atom. The lowest BCUT2D eigenvalue weighted by Gasteiger charge is -2.11. The van der Waals surface area contributed by atoms with Gasteiger partial charge in [-0.25, -0.2) is 4.98 Å². The minimum Gasteiger partial charge on any atom is -0.309 e. The molecule has 0 N–H and O–H groups in total. The summed E-state index contributed by atoms with van der Waals surface area (Å²) >= 11 is 0. The van der Waals surface area contributed by atoms with Gasteiger partial charge in [-0.2, -0.15) is 0 Å². The van der Waals surface area contributed by atoms with E-state index in [2.05, 4.69) is 173 Å². The second-order valence-electron chi connectivity index (χ2n) is 11.3. The summed E-state index contributed by atoms with van der Waals surface area (Å²) < 4.78 is 4.71. The van der Waals surface area contributed by atoms with Gasteiger partial charge in [0.15, 0.2) is 0 Å². The van der Waals surface area contributed by atoms with Crippen molar-refractivity contribution in [1.82, 2.24) is 14.1 Å². The van der Waals surface area contributed by atoms with Crippen molar-refractivity contribution in [3.63, 3.8) is 0 Å². The molecule has 0 bridgehead atoms. The maximum atomic E-state index is 5.27. The van der Waals surface area contributed by atoms with Crippen molar-refractivity contribution in [2.24, 2.45) is 0 Å². The lowest BCUT2D eigenvalue weighted by Crippen LogP contribution is -1.98. The van der Waals surface area contributed by atoms with Gasteiger partial charge >= 0.3 is 0 Å². The fourth-order valence-electron chi connectivity index (χ4n) is 6.73. The van der Waals surface area contributed by atoms with E-state index in [1.807, 2.05) is 0 Å². The van der Waals surface area contributed by atoms with E-state index in [1.165, 1.54) is 43.7 Å². The van der Waals surface area contributed by atoms with Crippen LogP contribution >= 0.6 is 0 Å². The van der Waals surface area contributed by atoms with Crippen LogP contribution in [-0.2, 0) is 0 Å². The van der Waals surface area contributed by atoms with Gasteiger partial charge in [0.2, 0.25) is 0 Å². The van der Waals surface area contributed by atoms with Gasteiger partial charge in [0.1, 0.15) is 5.82 Å². The first-order valence-corrected chi connectivity index (χ1v) is 15.0. The number of hydrogen-bond acceptors (Lipinski definition) is 1. The smallest absolute Gasteiger partial charge is 0.138 e. The third-order valence-electron chi connectivity index (χ3n) is 8.71. The number of pyridine rings is 1. The maximum Gasteiger partial charge on any atom is 0.138 e. The standard InChI is InChI=1S/C41H27N3/c1-3-13-28(14-4-1)29-15-11-16-30(25-29)36-21-12-24-41(42-36)44-38-23-10-8-20-33(38)35-26-39-34(27-40(35)44)32-19-7-9-22-37(32)43(39)31-17-5-2-6-18-31/h1-27H. The highest BCUT2D eigenvalue weighted by Gasteiger charge is 2.19. The molecule has 0 aliphatic heterocycles. The highest BCUT2D eigenvalue weighted by Crippen LogP contribution is 2.39. The molecule has 3 nitrogen and oxygen atoms in total. The van der Waals surface area contributed by atoms with Crippen molar-refractivity contribution < 1.29 is 0 Å². The van der Waals surface area contributed by atoms with Gasteiger partial charge in [-0.15, -0.1) is 0 Å². The second kappa shape index (κ2) is 9.82. The van der Waals surface area contributed by atoms with Crippen LogP contribution in [0.5, 0.6) is 0 Å². The van der Waals surface area contributed by atoms with Crippen molar-refractivity contribution in [3.8, 4) is 33.9 Å². The van der Waals surface area contributed by atoms with Gasteiger partial charge in [0, 0.05) is 32.8 Å². The Morgan fingerprint density at radius 2 is 0.886 bits per heavy atom. The van der Waals surface area contributed by atoms with Gasteiger partial charge in [-0.1, -0.05) is 109 Å². The van der Waals surface area contributed by atoms with Crippen LogP contribution < -0.4 is 0 Å².